The molecule has 4 N–H and O–H groups in total. The van der Waals surface area contributed by atoms with Crippen molar-refractivity contribution in [3.63, 3.8) is 0 Å². The number of rotatable bonds is 14. The summed E-state index contributed by atoms with van der Waals surface area (Å²) in [6.07, 6.45) is 6.71. The highest BCUT2D eigenvalue weighted by atomic mass is 16.6. The maximum atomic E-state index is 5.95. The summed E-state index contributed by atoms with van der Waals surface area (Å²) in [5.74, 6) is 0. The Bertz CT molecular complexity index is 305. The van der Waals surface area contributed by atoms with Gasteiger partial charge in [0.2, 0.25) is 0 Å². The number of hydrogen-bond acceptors (Lipinski definition) is 7. The molecule has 0 aromatic rings. The van der Waals surface area contributed by atoms with E-state index in [4.69, 9.17) is 35.2 Å². The minimum absolute atomic E-state index is 0.180. The van der Waals surface area contributed by atoms with E-state index in [9.17, 15) is 0 Å². The topological polar surface area (TPSA) is 98.2 Å². The van der Waals surface area contributed by atoms with Gasteiger partial charge >= 0.3 is 0 Å². The Hall–Kier alpha value is -0.280. The SMILES string of the molecule is NCCCOCC1CCC(COCC2CCC(COCCCN)O2)O1. The van der Waals surface area contributed by atoms with Crippen LogP contribution >= 0.6 is 0 Å². The average Bonchev–Trinajstić information content (AvgIpc) is 3.25. The molecule has 0 radical (unpaired) electrons. The molecule has 148 valence electrons. The van der Waals surface area contributed by atoms with E-state index >= 15 is 0 Å². The van der Waals surface area contributed by atoms with Gasteiger partial charge in [-0.2, -0.15) is 0 Å². The summed E-state index contributed by atoms with van der Waals surface area (Å²) >= 11 is 0. The van der Waals surface area contributed by atoms with Crippen molar-refractivity contribution in [2.24, 2.45) is 11.5 Å². The molecule has 2 fully saturated rings. The van der Waals surface area contributed by atoms with E-state index in [1.165, 1.54) is 0 Å². The molecule has 2 aliphatic heterocycles. The fourth-order valence-electron chi connectivity index (χ4n) is 3.18. The first-order chi connectivity index (χ1) is 12.3. The molecule has 0 aromatic heterocycles. The van der Waals surface area contributed by atoms with Crippen LogP contribution < -0.4 is 11.5 Å². The lowest BCUT2D eigenvalue weighted by Gasteiger charge is -2.17. The lowest BCUT2D eigenvalue weighted by Crippen LogP contribution is -2.24. The standard InChI is InChI=1S/C18H36N2O5/c19-7-1-9-21-11-15-3-5-17(24-15)13-23-14-18-6-4-16(25-18)12-22-10-2-8-20/h15-18H,1-14,19-20H2. The van der Waals surface area contributed by atoms with Gasteiger partial charge < -0.3 is 35.2 Å². The van der Waals surface area contributed by atoms with Gasteiger partial charge in [0, 0.05) is 13.2 Å². The monoisotopic (exact) mass is 360 g/mol. The molecule has 0 saturated carbocycles. The van der Waals surface area contributed by atoms with Gasteiger partial charge in [0.1, 0.15) is 0 Å². The van der Waals surface area contributed by atoms with E-state index in [0.29, 0.717) is 52.7 Å². The minimum atomic E-state index is 0.180. The zero-order valence-corrected chi connectivity index (χ0v) is 15.4. The van der Waals surface area contributed by atoms with Crippen molar-refractivity contribution >= 4 is 0 Å². The lowest BCUT2D eigenvalue weighted by molar-refractivity contribution is -0.0740. The molecule has 0 bridgehead atoms. The second-order valence-corrected chi connectivity index (χ2v) is 6.89. The van der Waals surface area contributed by atoms with Crippen molar-refractivity contribution in [1.82, 2.24) is 0 Å². The van der Waals surface area contributed by atoms with Crippen molar-refractivity contribution in [3.05, 3.63) is 0 Å². The number of ether oxygens (including phenoxy) is 5. The molecule has 2 saturated heterocycles. The molecule has 0 amide bonds. The number of nitrogens with two attached hydrogens (primary N) is 2. The van der Waals surface area contributed by atoms with Crippen molar-refractivity contribution in [2.45, 2.75) is 62.9 Å². The summed E-state index contributed by atoms with van der Waals surface area (Å²) in [5.41, 5.74) is 10.9. The van der Waals surface area contributed by atoms with Gasteiger partial charge in [-0.1, -0.05) is 0 Å². The fraction of sp³-hybridized carbons (Fsp3) is 1.00. The largest absolute Gasteiger partial charge is 0.379 e. The van der Waals surface area contributed by atoms with Crippen molar-refractivity contribution < 1.29 is 23.7 Å². The van der Waals surface area contributed by atoms with Gasteiger partial charge in [-0.15, -0.1) is 0 Å². The normalized spacial score (nSPS) is 29.5. The van der Waals surface area contributed by atoms with Crippen LogP contribution in [0.15, 0.2) is 0 Å². The van der Waals surface area contributed by atoms with Crippen LogP contribution in [-0.4, -0.2) is 77.1 Å². The summed E-state index contributed by atoms with van der Waals surface area (Å²) in [6.45, 7) is 5.37. The van der Waals surface area contributed by atoms with Gasteiger partial charge in [-0.05, 0) is 51.6 Å². The van der Waals surface area contributed by atoms with E-state index in [0.717, 1.165) is 38.5 Å². The highest BCUT2D eigenvalue weighted by Crippen LogP contribution is 2.22. The van der Waals surface area contributed by atoms with Gasteiger partial charge in [0.25, 0.3) is 0 Å². The molecule has 2 heterocycles. The second-order valence-electron chi connectivity index (χ2n) is 6.89. The summed E-state index contributed by atoms with van der Waals surface area (Å²) in [7, 11) is 0. The predicted molar refractivity (Wildman–Crippen MR) is 95.6 cm³/mol. The van der Waals surface area contributed by atoms with E-state index < -0.39 is 0 Å². The van der Waals surface area contributed by atoms with Crippen LogP contribution in [0.1, 0.15) is 38.5 Å². The van der Waals surface area contributed by atoms with Crippen LogP contribution in [-0.2, 0) is 23.7 Å². The third-order valence-electron chi connectivity index (χ3n) is 4.59. The summed E-state index contributed by atoms with van der Waals surface area (Å²) < 4.78 is 28.9. The average molecular weight is 360 g/mol. The first kappa shape index (κ1) is 21.0. The van der Waals surface area contributed by atoms with Crippen LogP contribution in [0.3, 0.4) is 0 Å². The summed E-state index contributed by atoms with van der Waals surface area (Å²) in [4.78, 5) is 0. The Morgan fingerprint density at radius 2 is 0.960 bits per heavy atom. The van der Waals surface area contributed by atoms with Gasteiger partial charge in [0.15, 0.2) is 0 Å². The third kappa shape index (κ3) is 8.77. The van der Waals surface area contributed by atoms with E-state index in [-0.39, 0.29) is 24.4 Å². The summed E-state index contributed by atoms with van der Waals surface area (Å²) in [5, 5.41) is 0. The van der Waals surface area contributed by atoms with Gasteiger partial charge in [0.05, 0.1) is 50.8 Å². The molecule has 25 heavy (non-hydrogen) atoms. The molecule has 0 spiro atoms. The maximum Gasteiger partial charge on any atom is 0.0814 e. The molecule has 4 unspecified atom stereocenters. The highest BCUT2D eigenvalue weighted by Gasteiger charge is 2.28. The predicted octanol–water partition coefficient (Wildman–Crippen LogP) is 0.829. The van der Waals surface area contributed by atoms with Crippen LogP contribution in [0, 0.1) is 0 Å². The van der Waals surface area contributed by atoms with Crippen molar-refractivity contribution in [3.8, 4) is 0 Å². The smallest absolute Gasteiger partial charge is 0.0814 e. The van der Waals surface area contributed by atoms with Crippen LogP contribution in [0.2, 0.25) is 0 Å². The second kappa shape index (κ2) is 13.0. The van der Waals surface area contributed by atoms with Crippen molar-refractivity contribution in [2.75, 3.05) is 52.7 Å². The van der Waals surface area contributed by atoms with Crippen LogP contribution in [0.5, 0.6) is 0 Å². The molecule has 0 aliphatic carbocycles. The molecule has 7 heteroatoms. The molecule has 7 nitrogen and oxygen atoms in total. The third-order valence-corrected chi connectivity index (χ3v) is 4.59. The zero-order valence-electron chi connectivity index (χ0n) is 15.4. The first-order valence-corrected chi connectivity index (χ1v) is 9.76. The fourth-order valence-corrected chi connectivity index (χ4v) is 3.18. The Kier molecular flexibility index (Phi) is 10.9. The van der Waals surface area contributed by atoms with Gasteiger partial charge in [-0.25, -0.2) is 0 Å². The maximum absolute atomic E-state index is 5.95. The van der Waals surface area contributed by atoms with Crippen molar-refractivity contribution in [1.29, 1.82) is 0 Å². The van der Waals surface area contributed by atoms with Gasteiger partial charge in [-0.3, -0.25) is 0 Å². The zero-order chi connectivity index (χ0) is 17.7. The minimum Gasteiger partial charge on any atom is -0.379 e. The Morgan fingerprint density at radius 3 is 1.32 bits per heavy atom. The van der Waals surface area contributed by atoms with Crippen LogP contribution in [0.25, 0.3) is 0 Å². The molecular formula is C18H36N2O5. The van der Waals surface area contributed by atoms with E-state index in [1.807, 2.05) is 0 Å². The molecule has 4 atom stereocenters. The van der Waals surface area contributed by atoms with Crippen LogP contribution in [0.4, 0.5) is 0 Å². The highest BCUT2D eigenvalue weighted by molar-refractivity contribution is 4.75. The molecule has 2 rings (SSSR count). The Morgan fingerprint density at radius 1 is 0.600 bits per heavy atom. The molecule has 0 aromatic carbocycles. The Labute approximate surface area is 151 Å². The Balaban J connectivity index is 1.45. The van der Waals surface area contributed by atoms with E-state index in [1.54, 1.807) is 0 Å². The first-order valence-electron chi connectivity index (χ1n) is 9.76. The quantitative estimate of drug-likeness (QED) is 0.443. The molecule has 2 aliphatic rings. The number of hydrogen-bond donors (Lipinski definition) is 2. The van der Waals surface area contributed by atoms with E-state index in [2.05, 4.69) is 0 Å². The molecular weight excluding hydrogens is 324 g/mol. The summed E-state index contributed by atoms with van der Waals surface area (Å²) in [6, 6.07) is 0. The lowest BCUT2D eigenvalue weighted by atomic mass is 10.2.